The lowest BCUT2D eigenvalue weighted by molar-refractivity contribution is -0.131. The number of hydrogen-bond donors (Lipinski definition) is 0. The monoisotopic (exact) mass is 314 g/mol. The summed E-state index contributed by atoms with van der Waals surface area (Å²) < 4.78 is 38.3. The van der Waals surface area contributed by atoms with Gasteiger partial charge < -0.3 is 9.80 Å². The Hall–Kier alpha value is -1.72. The SMILES string of the molecule is CC(F)(F)CCCC(=O)N1CCN(c2ccc(F)cc2)CC1. The lowest BCUT2D eigenvalue weighted by atomic mass is 10.1. The normalized spacial score (nSPS) is 16.0. The van der Waals surface area contributed by atoms with Crippen LogP contribution < -0.4 is 4.90 Å². The number of benzene rings is 1. The van der Waals surface area contributed by atoms with Gasteiger partial charge in [-0.1, -0.05) is 0 Å². The summed E-state index contributed by atoms with van der Waals surface area (Å²) in [7, 11) is 0. The quantitative estimate of drug-likeness (QED) is 0.832. The van der Waals surface area contributed by atoms with Gasteiger partial charge in [0, 0.05) is 44.7 Å². The zero-order valence-electron chi connectivity index (χ0n) is 12.7. The standard InChI is InChI=1S/C16H21F3N2O/c1-16(18,19)8-2-3-15(22)21-11-9-20(10-12-21)14-6-4-13(17)5-7-14/h4-7H,2-3,8-12H2,1H3. The summed E-state index contributed by atoms with van der Waals surface area (Å²) in [5.41, 5.74) is 0.930. The smallest absolute Gasteiger partial charge is 0.245 e. The fraction of sp³-hybridized carbons (Fsp3) is 0.562. The van der Waals surface area contributed by atoms with Crippen LogP contribution in [0.15, 0.2) is 24.3 Å². The minimum atomic E-state index is -2.71. The molecule has 1 heterocycles. The summed E-state index contributed by atoms with van der Waals surface area (Å²) in [6, 6.07) is 6.27. The molecule has 2 rings (SSSR count). The van der Waals surface area contributed by atoms with Crippen molar-refractivity contribution in [3.8, 4) is 0 Å². The topological polar surface area (TPSA) is 23.6 Å². The Labute approximate surface area is 128 Å². The van der Waals surface area contributed by atoms with E-state index >= 15 is 0 Å². The molecule has 1 amide bonds. The van der Waals surface area contributed by atoms with Crippen molar-refractivity contribution in [2.45, 2.75) is 32.1 Å². The van der Waals surface area contributed by atoms with E-state index in [0.29, 0.717) is 26.2 Å². The molecular formula is C16H21F3N2O. The third-order valence-electron chi connectivity index (χ3n) is 3.83. The molecule has 6 heteroatoms. The fourth-order valence-corrected chi connectivity index (χ4v) is 2.57. The Bertz CT molecular complexity index is 491. The lowest BCUT2D eigenvalue weighted by Gasteiger charge is -2.36. The van der Waals surface area contributed by atoms with Crippen LogP contribution in [0.3, 0.4) is 0 Å². The molecule has 22 heavy (non-hydrogen) atoms. The summed E-state index contributed by atoms with van der Waals surface area (Å²) in [6.07, 6.45) is 0.120. The van der Waals surface area contributed by atoms with Crippen LogP contribution >= 0.6 is 0 Å². The maximum absolute atomic E-state index is 12.9. The van der Waals surface area contributed by atoms with E-state index in [1.165, 1.54) is 12.1 Å². The van der Waals surface area contributed by atoms with E-state index in [2.05, 4.69) is 4.90 Å². The van der Waals surface area contributed by atoms with Crippen LogP contribution in [0.4, 0.5) is 18.9 Å². The first-order valence-electron chi connectivity index (χ1n) is 7.51. The number of piperazine rings is 1. The van der Waals surface area contributed by atoms with Crippen LogP contribution in [0.1, 0.15) is 26.2 Å². The molecule has 0 bridgehead atoms. The Morgan fingerprint density at radius 3 is 2.27 bits per heavy atom. The minimum Gasteiger partial charge on any atom is -0.368 e. The Kier molecular flexibility index (Phi) is 5.32. The largest absolute Gasteiger partial charge is 0.368 e. The van der Waals surface area contributed by atoms with Crippen molar-refractivity contribution in [2.24, 2.45) is 0 Å². The van der Waals surface area contributed by atoms with Crippen LogP contribution in [0.2, 0.25) is 0 Å². The van der Waals surface area contributed by atoms with E-state index in [-0.39, 0.29) is 31.0 Å². The lowest BCUT2D eigenvalue weighted by Crippen LogP contribution is -2.48. The molecule has 0 spiro atoms. The van der Waals surface area contributed by atoms with Crippen molar-refractivity contribution in [3.63, 3.8) is 0 Å². The zero-order valence-corrected chi connectivity index (χ0v) is 12.7. The van der Waals surface area contributed by atoms with Crippen LogP contribution in [0.25, 0.3) is 0 Å². The third kappa shape index (κ3) is 4.93. The van der Waals surface area contributed by atoms with Gasteiger partial charge in [0.25, 0.3) is 0 Å². The van der Waals surface area contributed by atoms with Gasteiger partial charge in [-0.05, 0) is 37.6 Å². The van der Waals surface area contributed by atoms with E-state index in [1.54, 1.807) is 17.0 Å². The van der Waals surface area contributed by atoms with Crippen molar-refractivity contribution in [1.82, 2.24) is 4.90 Å². The first-order chi connectivity index (χ1) is 10.3. The van der Waals surface area contributed by atoms with Gasteiger partial charge in [-0.25, -0.2) is 13.2 Å². The molecule has 3 nitrogen and oxygen atoms in total. The highest BCUT2D eigenvalue weighted by atomic mass is 19.3. The van der Waals surface area contributed by atoms with E-state index in [0.717, 1.165) is 12.6 Å². The molecule has 1 saturated heterocycles. The molecule has 0 aromatic heterocycles. The van der Waals surface area contributed by atoms with Crippen LogP contribution in [-0.4, -0.2) is 42.9 Å². The van der Waals surface area contributed by atoms with Crippen molar-refractivity contribution >= 4 is 11.6 Å². The van der Waals surface area contributed by atoms with Crippen LogP contribution in [0, 0.1) is 5.82 Å². The molecule has 1 fully saturated rings. The average Bonchev–Trinajstić information content (AvgIpc) is 2.47. The van der Waals surface area contributed by atoms with Crippen molar-refractivity contribution in [3.05, 3.63) is 30.1 Å². The van der Waals surface area contributed by atoms with Crippen molar-refractivity contribution in [2.75, 3.05) is 31.1 Å². The molecule has 1 aromatic rings. The van der Waals surface area contributed by atoms with Gasteiger partial charge in [-0.2, -0.15) is 0 Å². The van der Waals surface area contributed by atoms with Gasteiger partial charge in [-0.15, -0.1) is 0 Å². The van der Waals surface area contributed by atoms with Crippen LogP contribution in [0.5, 0.6) is 0 Å². The maximum Gasteiger partial charge on any atom is 0.245 e. The molecule has 1 aliphatic heterocycles. The summed E-state index contributed by atoms with van der Waals surface area (Å²) >= 11 is 0. The molecule has 0 atom stereocenters. The van der Waals surface area contributed by atoms with Crippen LogP contribution in [-0.2, 0) is 4.79 Å². The maximum atomic E-state index is 12.9. The van der Waals surface area contributed by atoms with Crippen molar-refractivity contribution < 1.29 is 18.0 Å². The molecule has 0 aliphatic carbocycles. The summed E-state index contributed by atoms with van der Waals surface area (Å²) in [6.45, 7) is 3.35. The number of amides is 1. The molecule has 0 unspecified atom stereocenters. The first-order valence-corrected chi connectivity index (χ1v) is 7.51. The first kappa shape index (κ1) is 16.6. The van der Waals surface area contributed by atoms with E-state index in [9.17, 15) is 18.0 Å². The highest BCUT2D eigenvalue weighted by molar-refractivity contribution is 5.76. The van der Waals surface area contributed by atoms with E-state index in [1.807, 2.05) is 0 Å². The average molecular weight is 314 g/mol. The van der Waals surface area contributed by atoms with Gasteiger partial charge in [0.2, 0.25) is 11.8 Å². The molecular weight excluding hydrogens is 293 g/mol. The Morgan fingerprint density at radius 1 is 1.14 bits per heavy atom. The van der Waals surface area contributed by atoms with E-state index in [4.69, 9.17) is 0 Å². The second-order valence-electron chi connectivity index (χ2n) is 5.77. The Balaban J connectivity index is 1.77. The Morgan fingerprint density at radius 2 is 1.73 bits per heavy atom. The van der Waals surface area contributed by atoms with E-state index < -0.39 is 5.92 Å². The van der Waals surface area contributed by atoms with Gasteiger partial charge in [0.1, 0.15) is 5.82 Å². The number of halogens is 3. The number of carbonyl (C=O) groups is 1. The van der Waals surface area contributed by atoms with Gasteiger partial charge in [0.15, 0.2) is 0 Å². The second-order valence-corrected chi connectivity index (χ2v) is 5.77. The minimum absolute atomic E-state index is 0.0667. The predicted molar refractivity (Wildman–Crippen MR) is 79.7 cm³/mol. The van der Waals surface area contributed by atoms with Gasteiger partial charge >= 0.3 is 0 Å². The molecule has 0 saturated carbocycles. The highest BCUT2D eigenvalue weighted by Crippen LogP contribution is 2.21. The van der Waals surface area contributed by atoms with Gasteiger partial charge in [-0.3, -0.25) is 4.79 Å². The summed E-state index contributed by atoms with van der Waals surface area (Å²) in [5, 5.41) is 0. The molecule has 0 N–H and O–H groups in total. The molecule has 0 radical (unpaired) electrons. The highest BCUT2D eigenvalue weighted by Gasteiger charge is 2.24. The molecule has 1 aromatic carbocycles. The molecule has 1 aliphatic rings. The number of hydrogen-bond acceptors (Lipinski definition) is 2. The second kappa shape index (κ2) is 7.03. The molecule has 122 valence electrons. The summed E-state index contributed by atoms with van der Waals surface area (Å²) in [5.74, 6) is -3.05. The number of nitrogens with zero attached hydrogens (tertiary/aromatic N) is 2. The third-order valence-corrected chi connectivity index (χ3v) is 3.83. The predicted octanol–water partition coefficient (Wildman–Crippen LogP) is 3.30. The van der Waals surface area contributed by atoms with Crippen molar-refractivity contribution in [1.29, 1.82) is 0 Å². The summed E-state index contributed by atoms with van der Waals surface area (Å²) in [4.78, 5) is 15.8. The number of carbonyl (C=O) groups excluding carboxylic acids is 1. The number of anilines is 1. The number of rotatable bonds is 5. The zero-order chi connectivity index (χ0) is 16.2. The van der Waals surface area contributed by atoms with Gasteiger partial charge in [0.05, 0.1) is 0 Å². The fourth-order valence-electron chi connectivity index (χ4n) is 2.57. The number of alkyl halides is 2.